The van der Waals surface area contributed by atoms with Crippen molar-refractivity contribution in [1.29, 1.82) is 0 Å². The first-order valence-electron chi connectivity index (χ1n) is 5.60. The number of halogens is 3. The zero-order valence-corrected chi connectivity index (χ0v) is 12.2. The second kappa shape index (κ2) is 6.20. The molecule has 0 radical (unpaired) electrons. The quantitative estimate of drug-likeness (QED) is 0.750. The number of anilines is 1. The maximum Gasteiger partial charge on any atom is 0.501 e. The number of rotatable bonds is 6. The summed E-state index contributed by atoms with van der Waals surface area (Å²) in [5.41, 5.74) is -5.66. The van der Waals surface area contributed by atoms with E-state index in [-0.39, 0.29) is 24.4 Å². The van der Waals surface area contributed by atoms with E-state index in [9.17, 15) is 30.0 Å². The number of benzene rings is 1. The molecule has 0 aliphatic carbocycles. The fourth-order valence-electron chi connectivity index (χ4n) is 1.47. The first kappa shape index (κ1) is 17.7. The average molecular weight is 346 g/mol. The van der Waals surface area contributed by atoms with Gasteiger partial charge in [0.1, 0.15) is 0 Å². The van der Waals surface area contributed by atoms with Gasteiger partial charge in [-0.1, -0.05) is 12.1 Å². The van der Waals surface area contributed by atoms with E-state index in [2.05, 4.69) is 5.32 Å². The van der Waals surface area contributed by atoms with Crippen LogP contribution in [0.1, 0.15) is 6.42 Å². The minimum Gasteiger partial charge on any atom is -0.384 e. The summed E-state index contributed by atoms with van der Waals surface area (Å²) < 4.78 is 81.8. The van der Waals surface area contributed by atoms with Crippen LogP contribution in [0.15, 0.2) is 29.2 Å². The number of alkyl halides is 3. The van der Waals surface area contributed by atoms with E-state index in [1.54, 1.807) is 0 Å². The van der Waals surface area contributed by atoms with Crippen LogP contribution in [0.5, 0.6) is 0 Å². The molecular formula is C10H13F3N2O4S2. The number of nitrogens with one attached hydrogen (secondary N) is 1. The predicted molar refractivity (Wildman–Crippen MR) is 70.8 cm³/mol. The molecule has 21 heavy (non-hydrogen) atoms. The number of nitrogens with two attached hydrogens (primary N) is 1. The third-order valence-corrected chi connectivity index (χ3v) is 4.80. The van der Waals surface area contributed by atoms with Crippen molar-refractivity contribution in [2.45, 2.75) is 16.8 Å². The lowest BCUT2D eigenvalue weighted by Gasteiger charge is -2.13. The Morgan fingerprint density at radius 3 is 2.19 bits per heavy atom. The van der Waals surface area contributed by atoms with Crippen molar-refractivity contribution in [2.75, 3.05) is 17.6 Å². The molecule has 0 bridgehead atoms. The molecule has 0 spiro atoms. The van der Waals surface area contributed by atoms with Gasteiger partial charge < -0.3 is 5.32 Å². The highest BCUT2D eigenvalue weighted by Crippen LogP contribution is 2.34. The molecule has 120 valence electrons. The Labute approximate surface area is 120 Å². The topological polar surface area (TPSA) is 106 Å². The monoisotopic (exact) mass is 346 g/mol. The van der Waals surface area contributed by atoms with Crippen molar-refractivity contribution in [3.05, 3.63) is 24.3 Å². The molecule has 0 aliphatic heterocycles. The summed E-state index contributed by atoms with van der Waals surface area (Å²) in [4.78, 5) is -0.909. The number of primary sulfonamides is 1. The summed E-state index contributed by atoms with van der Waals surface area (Å²) in [6.07, 6.45) is 0.0270. The fourth-order valence-corrected chi connectivity index (χ4v) is 2.95. The third kappa shape index (κ3) is 4.86. The molecule has 11 heteroatoms. The van der Waals surface area contributed by atoms with Crippen LogP contribution in [0.2, 0.25) is 0 Å². The fraction of sp³-hybridized carbons (Fsp3) is 0.400. The third-order valence-electron chi connectivity index (χ3n) is 2.40. The molecule has 0 heterocycles. The van der Waals surface area contributed by atoms with E-state index in [0.717, 1.165) is 18.2 Å². The standard InChI is InChI=1S/C10H13F3N2O4S2/c11-10(12,13)21(18,19)9-5-2-1-4-8(9)15-6-3-7-20(14,16)17/h1-2,4-5,15H,3,6-7H2,(H2,14,16,17). The molecule has 0 atom stereocenters. The Morgan fingerprint density at radius 2 is 1.67 bits per heavy atom. The molecule has 0 unspecified atom stereocenters. The smallest absolute Gasteiger partial charge is 0.384 e. The molecule has 3 N–H and O–H groups in total. The lowest BCUT2D eigenvalue weighted by Crippen LogP contribution is -2.24. The van der Waals surface area contributed by atoms with E-state index in [4.69, 9.17) is 5.14 Å². The molecule has 0 aromatic heterocycles. The average Bonchev–Trinajstić information content (AvgIpc) is 2.32. The first-order valence-corrected chi connectivity index (χ1v) is 8.80. The summed E-state index contributed by atoms with van der Waals surface area (Å²) in [7, 11) is -9.16. The summed E-state index contributed by atoms with van der Waals surface area (Å²) in [6, 6.07) is 4.51. The first-order chi connectivity index (χ1) is 9.45. The van der Waals surface area contributed by atoms with E-state index >= 15 is 0 Å². The van der Waals surface area contributed by atoms with E-state index in [1.165, 1.54) is 6.07 Å². The van der Waals surface area contributed by atoms with Gasteiger partial charge in [-0.15, -0.1) is 0 Å². The Kier molecular flexibility index (Phi) is 5.23. The van der Waals surface area contributed by atoms with Gasteiger partial charge in [-0.2, -0.15) is 13.2 Å². The minimum absolute atomic E-state index is 0.0270. The second-order valence-electron chi connectivity index (χ2n) is 4.09. The molecule has 0 saturated carbocycles. The van der Waals surface area contributed by atoms with Crippen molar-refractivity contribution in [3.63, 3.8) is 0 Å². The minimum atomic E-state index is -5.48. The lowest BCUT2D eigenvalue weighted by molar-refractivity contribution is -0.0435. The van der Waals surface area contributed by atoms with Crippen molar-refractivity contribution in [2.24, 2.45) is 5.14 Å². The van der Waals surface area contributed by atoms with Crippen LogP contribution >= 0.6 is 0 Å². The molecule has 1 aromatic carbocycles. The number of sulfonamides is 1. The van der Waals surface area contributed by atoms with Crippen molar-refractivity contribution >= 4 is 25.5 Å². The molecule has 1 rings (SSSR count). The summed E-state index contributed by atoms with van der Waals surface area (Å²) in [5.74, 6) is -0.367. The Morgan fingerprint density at radius 1 is 1.10 bits per heavy atom. The lowest BCUT2D eigenvalue weighted by atomic mass is 10.3. The van der Waals surface area contributed by atoms with Crippen LogP contribution in [-0.4, -0.2) is 34.6 Å². The number of para-hydroxylation sites is 1. The zero-order valence-electron chi connectivity index (χ0n) is 10.6. The number of hydrogen-bond donors (Lipinski definition) is 2. The van der Waals surface area contributed by atoms with Crippen LogP contribution in [0.25, 0.3) is 0 Å². The Hall–Kier alpha value is -1.33. The highest BCUT2D eigenvalue weighted by molar-refractivity contribution is 7.92. The number of hydrogen-bond acceptors (Lipinski definition) is 5. The highest BCUT2D eigenvalue weighted by Gasteiger charge is 2.47. The van der Waals surface area contributed by atoms with Gasteiger partial charge in [0.25, 0.3) is 9.84 Å². The number of sulfone groups is 1. The molecule has 6 nitrogen and oxygen atoms in total. The summed E-state index contributed by atoms with van der Waals surface area (Å²) >= 11 is 0. The molecule has 0 saturated heterocycles. The summed E-state index contributed by atoms with van der Waals surface area (Å²) in [5, 5.41) is 7.24. The molecule has 0 amide bonds. The van der Waals surface area contributed by atoms with Gasteiger partial charge in [0, 0.05) is 6.54 Å². The molecule has 0 fully saturated rings. The Balaban J connectivity index is 2.92. The van der Waals surface area contributed by atoms with Crippen molar-refractivity contribution in [1.82, 2.24) is 0 Å². The zero-order chi connectivity index (χ0) is 16.3. The molecule has 0 aliphatic rings. The maximum atomic E-state index is 12.5. The van der Waals surface area contributed by atoms with Crippen molar-refractivity contribution < 1.29 is 30.0 Å². The van der Waals surface area contributed by atoms with Gasteiger partial charge in [0.05, 0.1) is 16.3 Å². The molecular weight excluding hydrogens is 333 g/mol. The maximum absolute atomic E-state index is 12.5. The van der Waals surface area contributed by atoms with Crippen LogP contribution < -0.4 is 10.5 Å². The van der Waals surface area contributed by atoms with Gasteiger partial charge in [-0.05, 0) is 18.6 Å². The van der Waals surface area contributed by atoms with E-state index < -0.39 is 30.3 Å². The predicted octanol–water partition coefficient (Wildman–Crippen LogP) is 1.07. The van der Waals surface area contributed by atoms with E-state index in [0.29, 0.717) is 0 Å². The highest BCUT2D eigenvalue weighted by atomic mass is 32.2. The van der Waals surface area contributed by atoms with Gasteiger partial charge in [0.2, 0.25) is 10.0 Å². The largest absolute Gasteiger partial charge is 0.501 e. The van der Waals surface area contributed by atoms with Crippen LogP contribution in [-0.2, 0) is 19.9 Å². The normalized spacial score (nSPS) is 13.1. The van der Waals surface area contributed by atoms with Crippen LogP contribution in [0.3, 0.4) is 0 Å². The SMILES string of the molecule is NS(=O)(=O)CCCNc1ccccc1S(=O)(=O)C(F)(F)F. The van der Waals surface area contributed by atoms with Crippen LogP contribution in [0.4, 0.5) is 18.9 Å². The summed E-state index contributed by atoms with van der Waals surface area (Å²) in [6.45, 7) is -0.0409. The molecule has 1 aromatic rings. The van der Waals surface area contributed by atoms with E-state index in [1.807, 2.05) is 0 Å². The van der Waals surface area contributed by atoms with Gasteiger partial charge >= 0.3 is 5.51 Å². The van der Waals surface area contributed by atoms with Crippen LogP contribution in [0, 0.1) is 0 Å². The Bertz CT molecular complexity index is 699. The van der Waals surface area contributed by atoms with Gasteiger partial charge in [-0.3, -0.25) is 0 Å². The van der Waals surface area contributed by atoms with Crippen molar-refractivity contribution in [3.8, 4) is 0 Å². The second-order valence-corrected chi connectivity index (χ2v) is 7.74. The van der Waals surface area contributed by atoms with Gasteiger partial charge in [0.15, 0.2) is 0 Å². The van der Waals surface area contributed by atoms with Gasteiger partial charge in [-0.25, -0.2) is 22.0 Å².